The number of halogens is 1. The number of hydrogen-bond donors (Lipinski definition) is 2. The zero-order chi connectivity index (χ0) is 26.4. The maximum atomic E-state index is 14.4. The first-order valence-corrected chi connectivity index (χ1v) is 12.0. The van der Waals surface area contributed by atoms with Crippen molar-refractivity contribution in [1.82, 2.24) is 19.7 Å². The monoisotopic (exact) mass is 506 g/mol. The second kappa shape index (κ2) is 9.11. The quantitative estimate of drug-likeness (QED) is 0.250. The molecular weight excluding hydrogens is 483 g/mol. The number of aldehydes is 1. The highest BCUT2D eigenvalue weighted by Gasteiger charge is 2.35. The van der Waals surface area contributed by atoms with Gasteiger partial charge in [0.2, 0.25) is 0 Å². The Morgan fingerprint density at radius 1 is 1.00 bits per heavy atom. The zero-order valence-electron chi connectivity index (χ0n) is 20.4. The number of nitrogens with two attached hydrogens (primary N) is 2. The van der Waals surface area contributed by atoms with Gasteiger partial charge in [0.25, 0.3) is 0 Å². The second-order valence-corrected chi connectivity index (χ2v) is 9.09. The van der Waals surface area contributed by atoms with Crippen LogP contribution in [-0.4, -0.2) is 26.0 Å². The molecule has 8 nitrogen and oxygen atoms in total. The van der Waals surface area contributed by atoms with E-state index in [0.717, 1.165) is 11.8 Å². The van der Waals surface area contributed by atoms with Crippen molar-refractivity contribution in [2.45, 2.75) is 18.9 Å². The van der Waals surface area contributed by atoms with Gasteiger partial charge >= 0.3 is 0 Å². The first-order chi connectivity index (χ1) is 18.5. The maximum absolute atomic E-state index is 14.4. The molecule has 1 aliphatic heterocycles. The van der Waals surface area contributed by atoms with E-state index in [1.165, 1.54) is 18.5 Å². The summed E-state index contributed by atoms with van der Waals surface area (Å²) < 4.78 is 22.5. The van der Waals surface area contributed by atoms with Gasteiger partial charge in [0.05, 0.1) is 11.3 Å². The number of nitrogen functional groups attached to an aromatic ring is 2. The summed E-state index contributed by atoms with van der Waals surface area (Å²) in [6.45, 7) is 1.89. The molecule has 2 unspecified atom stereocenters. The van der Waals surface area contributed by atoms with E-state index in [2.05, 4.69) is 9.97 Å². The molecule has 3 heterocycles. The fourth-order valence-electron chi connectivity index (χ4n) is 4.96. The molecule has 2 aromatic heterocycles. The first-order valence-electron chi connectivity index (χ1n) is 12.0. The molecule has 188 valence electrons. The van der Waals surface area contributed by atoms with Crippen LogP contribution in [0, 0.1) is 5.82 Å². The van der Waals surface area contributed by atoms with Gasteiger partial charge < -0.3 is 21.0 Å². The molecule has 1 aliphatic rings. The lowest BCUT2D eigenvalue weighted by atomic mass is 9.83. The molecular formula is C29H23FN6O2. The number of ether oxygens (including phenoxy) is 1. The van der Waals surface area contributed by atoms with Crippen LogP contribution in [0.2, 0.25) is 0 Å². The summed E-state index contributed by atoms with van der Waals surface area (Å²) in [7, 11) is 0. The van der Waals surface area contributed by atoms with Crippen LogP contribution in [0.25, 0.3) is 27.9 Å². The van der Waals surface area contributed by atoms with Crippen LogP contribution < -0.4 is 16.2 Å². The molecule has 38 heavy (non-hydrogen) atoms. The van der Waals surface area contributed by atoms with E-state index < -0.39 is 17.8 Å². The summed E-state index contributed by atoms with van der Waals surface area (Å²) in [6.07, 6.45) is 2.23. The van der Waals surface area contributed by atoms with Crippen molar-refractivity contribution in [1.29, 1.82) is 0 Å². The van der Waals surface area contributed by atoms with Gasteiger partial charge in [0.1, 0.15) is 47.5 Å². The number of hydrogen-bond acceptors (Lipinski definition) is 7. The smallest absolute Gasteiger partial charge is 0.164 e. The molecule has 0 fully saturated rings. The molecule has 0 aliphatic carbocycles. The minimum absolute atomic E-state index is 0.278. The SMILES string of the molecule is CC(C1=C(c2cccc(F)c2)C(C=O)c2ccccc2O1)n1nc(-c2ccc(N)cc2)c2c(N)ncnc21. The Balaban J connectivity index is 1.60. The molecule has 2 atom stereocenters. The van der Waals surface area contributed by atoms with Crippen LogP contribution in [0.3, 0.4) is 0 Å². The normalized spacial score (nSPS) is 15.7. The number of fused-ring (bicyclic) bond motifs is 2. The lowest BCUT2D eigenvalue weighted by Crippen LogP contribution is -2.23. The van der Waals surface area contributed by atoms with Gasteiger partial charge in [-0.2, -0.15) is 5.10 Å². The van der Waals surface area contributed by atoms with E-state index >= 15 is 0 Å². The molecule has 0 amide bonds. The van der Waals surface area contributed by atoms with Crippen molar-refractivity contribution in [2.75, 3.05) is 11.5 Å². The highest BCUT2D eigenvalue weighted by Crippen LogP contribution is 2.46. The molecule has 4 N–H and O–H groups in total. The third-order valence-corrected chi connectivity index (χ3v) is 6.77. The van der Waals surface area contributed by atoms with Crippen LogP contribution in [0.15, 0.2) is 84.9 Å². The molecule has 0 saturated heterocycles. The van der Waals surface area contributed by atoms with E-state index in [1.54, 1.807) is 28.9 Å². The van der Waals surface area contributed by atoms with E-state index in [4.69, 9.17) is 21.3 Å². The number of para-hydroxylation sites is 1. The lowest BCUT2D eigenvalue weighted by molar-refractivity contribution is -0.108. The molecule has 0 bridgehead atoms. The summed E-state index contributed by atoms with van der Waals surface area (Å²) in [6, 6.07) is 20.2. The Labute approximate surface area is 217 Å². The predicted molar refractivity (Wildman–Crippen MR) is 143 cm³/mol. The molecule has 0 spiro atoms. The van der Waals surface area contributed by atoms with Gasteiger partial charge in [0.15, 0.2) is 5.65 Å². The number of aromatic nitrogens is 4. The standard InChI is InChI=1S/C29H23FN6O2/c1-16(36-29-25(28(32)33-15-34-29)26(35-36)17-9-11-20(31)12-10-17)27-24(18-5-4-6-19(30)13-18)22(14-37)21-7-2-3-8-23(21)38-27/h2-16,22H,31H2,1H3,(H2,32,33,34). The Morgan fingerprint density at radius 2 is 1.79 bits per heavy atom. The number of nitrogens with zero attached hydrogens (tertiary/aromatic N) is 4. The largest absolute Gasteiger partial charge is 0.459 e. The number of benzene rings is 3. The summed E-state index contributed by atoms with van der Waals surface area (Å²) in [5, 5.41) is 5.48. The summed E-state index contributed by atoms with van der Waals surface area (Å²) in [5.41, 5.74) is 16.5. The second-order valence-electron chi connectivity index (χ2n) is 9.09. The van der Waals surface area contributed by atoms with Crippen molar-refractivity contribution < 1.29 is 13.9 Å². The van der Waals surface area contributed by atoms with Crippen molar-refractivity contribution in [3.8, 4) is 17.0 Å². The lowest BCUT2D eigenvalue weighted by Gasteiger charge is -2.31. The fourth-order valence-corrected chi connectivity index (χ4v) is 4.96. The van der Waals surface area contributed by atoms with Crippen molar-refractivity contribution in [3.63, 3.8) is 0 Å². The third-order valence-electron chi connectivity index (χ3n) is 6.77. The molecule has 0 radical (unpaired) electrons. The topological polar surface area (TPSA) is 122 Å². The highest BCUT2D eigenvalue weighted by atomic mass is 19.1. The predicted octanol–water partition coefficient (Wildman–Crippen LogP) is 5.14. The molecule has 0 saturated carbocycles. The average molecular weight is 507 g/mol. The van der Waals surface area contributed by atoms with Crippen LogP contribution in [0.5, 0.6) is 5.75 Å². The van der Waals surface area contributed by atoms with Crippen LogP contribution in [0.1, 0.15) is 30.0 Å². The van der Waals surface area contributed by atoms with Gasteiger partial charge in [-0.15, -0.1) is 0 Å². The van der Waals surface area contributed by atoms with Crippen molar-refractivity contribution >= 4 is 34.4 Å². The highest BCUT2D eigenvalue weighted by molar-refractivity contribution is 5.98. The van der Waals surface area contributed by atoms with Crippen molar-refractivity contribution in [2.24, 2.45) is 0 Å². The average Bonchev–Trinajstić information content (AvgIpc) is 3.33. The minimum atomic E-state index is -0.669. The summed E-state index contributed by atoms with van der Waals surface area (Å²) in [5.74, 6) is 0.201. The van der Waals surface area contributed by atoms with Gasteiger partial charge in [-0.3, -0.25) is 0 Å². The molecule has 3 aromatic carbocycles. The fraction of sp³-hybridized carbons (Fsp3) is 0.103. The van der Waals surface area contributed by atoms with Gasteiger partial charge in [0, 0.05) is 22.4 Å². The third kappa shape index (κ3) is 3.76. The number of anilines is 2. The van der Waals surface area contributed by atoms with E-state index in [1.807, 2.05) is 43.3 Å². The maximum Gasteiger partial charge on any atom is 0.164 e. The van der Waals surface area contributed by atoms with E-state index in [-0.39, 0.29) is 5.82 Å². The van der Waals surface area contributed by atoms with Crippen molar-refractivity contribution in [3.05, 3.63) is 102 Å². The molecule has 9 heteroatoms. The summed E-state index contributed by atoms with van der Waals surface area (Å²) >= 11 is 0. The van der Waals surface area contributed by atoms with Gasteiger partial charge in [-0.1, -0.05) is 42.5 Å². The number of carbonyl (C=O) groups excluding carboxylic acids is 1. The number of allylic oxidation sites excluding steroid dienone is 2. The van der Waals surface area contributed by atoms with Gasteiger partial charge in [-0.25, -0.2) is 19.0 Å². The Hall–Kier alpha value is -5.05. The van der Waals surface area contributed by atoms with Crippen LogP contribution in [0.4, 0.5) is 15.9 Å². The molecule has 5 aromatic rings. The Morgan fingerprint density at radius 3 is 2.55 bits per heavy atom. The Bertz CT molecular complexity index is 1730. The first kappa shape index (κ1) is 23.4. The zero-order valence-corrected chi connectivity index (χ0v) is 20.4. The van der Waals surface area contributed by atoms with E-state index in [9.17, 15) is 9.18 Å². The molecule has 6 rings (SSSR count). The number of rotatable bonds is 5. The van der Waals surface area contributed by atoms with Crippen LogP contribution in [-0.2, 0) is 4.79 Å². The Kier molecular flexibility index (Phi) is 5.60. The minimum Gasteiger partial charge on any atom is -0.459 e. The number of carbonyl (C=O) groups is 1. The van der Waals surface area contributed by atoms with E-state index in [0.29, 0.717) is 50.6 Å². The summed E-state index contributed by atoms with van der Waals surface area (Å²) in [4.78, 5) is 21.2. The van der Waals surface area contributed by atoms with Gasteiger partial charge in [-0.05, 0) is 42.8 Å². The van der Waals surface area contributed by atoms with Crippen LogP contribution >= 0.6 is 0 Å².